The zero-order valence-corrected chi connectivity index (χ0v) is 14.3. The normalized spacial score (nSPS) is 10.2. The summed E-state index contributed by atoms with van der Waals surface area (Å²) in [5.74, 6) is -1.74. The molecule has 0 fully saturated rings. The summed E-state index contributed by atoms with van der Waals surface area (Å²) in [6.07, 6.45) is 0.717. The highest BCUT2D eigenvalue weighted by Gasteiger charge is 2.23. The molecule has 0 N–H and O–H groups in total. The monoisotopic (exact) mass is 346 g/mol. The number of ketones is 1. The second-order valence-electron chi connectivity index (χ2n) is 5.20. The van der Waals surface area contributed by atoms with Gasteiger partial charge in [0.2, 0.25) is 0 Å². The highest BCUT2D eigenvalue weighted by Crippen LogP contribution is 2.31. The number of esters is 1. The van der Waals surface area contributed by atoms with E-state index >= 15 is 0 Å². The molecule has 0 aromatic heterocycles. The maximum absolute atomic E-state index is 14.7. The fourth-order valence-corrected chi connectivity index (χ4v) is 2.26. The average Bonchev–Trinajstić information content (AvgIpc) is 2.65. The van der Waals surface area contributed by atoms with Gasteiger partial charge in [0, 0.05) is 5.56 Å². The minimum absolute atomic E-state index is 0.0432. The van der Waals surface area contributed by atoms with E-state index in [2.05, 4.69) is 4.74 Å². The molecular formula is C19H19FO5. The molecule has 0 bridgehead atoms. The summed E-state index contributed by atoms with van der Waals surface area (Å²) in [6.45, 7) is 2.26. The third-order valence-corrected chi connectivity index (χ3v) is 3.55. The van der Waals surface area contributed by atoms with E-state index in [4.69, 9.17) is 9.47 Å². The van der Waals surface area contributed by atoms with E-state index in [0.29, 0.717) is 12.2 Å². The van der Waals surface area contributed by atoms with E-state index in [1.165, 1.54) is 50.6 Å². The van der Waals surface area contributed by atoms with Crippen molar-refractivity contribution in [3.05, 3.63) is 58.9 Å². The van der Waals surface area contributed by atoms with Gasteiger partial charge >= 0.3 is 5.97 Å². The molecule has 0 aliphatic carbocycles. The molecule has 0 saturated carbocycles. The van der Waals surface area contributed by atoms with E-state index in [0.717, 1.165) is 6.42 Å². The Balaban J connectivity index is 2.44. The second kappa shape index (κ2) is 8.28. The van der Waals surface area contributed by atoms with Gasteiger partial charge in [-0.05, 0) is 30.7 Å². The number of rotatable bonds is 7. The number of benzene rings is 2. The number of carbonyl (C=O) groups excluding carboxylic acids is 2. The first-order valence-corrected chi connectivity index (χ1v) is 7.75. The van der Waals surface area contributed by atoms with Gasteiger partial charge in [-0.1, -0.05) is 19.1 Å². The maximum Gasteiger partial charge on any atom is 0.337 e. The molecule has 0 aliphatic heterocycles. The smallest absolute Gasteiger partial charge is 0.337 e. The van der Waals surface area contributed by atoms with Gasteiger partial charge in [0.05, 0.1) is 26.4 Å². The Bertz CT molecular complexity index is 768. The molecule has 25 heavy (non-hydrogen) atoms. The lowest BCUT2D eigenvalue weighted by Crippen LogP contribution is -2.10. The van der Waals surface area contributed by atoms with E-state index in [-0.39, 0.29) is 22.6 Å². The number of methoxy groups -OCH3 is 2. The quantitative estimate of drug-likeness (QED) is 0.566. The van der Waals surface area contributed by atoms with Crippen LogP contribution < -0.4 is 9.47 Å². The van der Waals surface area contributed by atoms with Crippen LogP contribution in [0.25, 0.3) is 0 Å². The average molecular weight is 346 g/mol. The first-order valence-electron chi connectivity index (χ1n) is 7.75. The summed E-state index contributed by atoms with van der Waals surface area (Å²) in [4.78, 5) is 24.2. The first-order chi connectivity index (χ1) is 12.0. The third kappa shape index (κ3) is 3.96. The summed E-state index contributed by atoms with van der Waals surface area (Å²) >= 11 is 0. The maximum atomic E-state index is 14.7. The van der Waals surface area contributed by atoms with Gasteiger partial charge in [-0.25, -0.2) is 9.18 Å². The number of hydrogen-bond acceptors (Lipinski definition) is 5. The lowest BCUT2D eigenvalue weighted by molar-refractivity contribution is 0.0600. The lowest BCUT2D eigenvalue weighted by Gasteiger charge is -2.13. The van der Waals surface area contributed by atoms with Crippen molar-refractivity contribution in [1.29, 1.82) is 0 Å². The summed E-state index contributed by atoms with van der Waals surface area (Å²) in [5, 5.41) is 0. The minimum atomic E-state index is -0.779. The van der Waals surface area contributed by atoms with Crippen molar-refractivity contribution in [2.75, 3.05) is 20.8 Å². The van der Waals surface area contributed by atoms with Crippen molar-refractivity contribution in [2.24, 2.45) is 0 Å². The Kier molecular flexibility index (Phi) is 6.11. The molecule has 2 aromatic carbocycles. The molecule has 0 amide bonds. The minimum Gasteiger partial charge on any atom is -0.494 e. The zero-order valence-electron chi connectivity index (χ0n) is 14.3. The van der Waals surface area contributed by atoms with Crippen LogP contribution >= 0.6 is 0 Å². The van der Waals surface area contributed by atoms with Gasteiger partial charge in [-0.2, -0.15) is 0 Å². The van der Waals surface area contributed by atoms with Gasteiger partial charge < -0.3 is 14.2 Å². The molecule has 0 unspecified atom stereocenters. The highest BCUT2D eigenvalue weighted by molar-refractivity contribution is 6.11. The molecular weight excluding hydrogens is 327 g/mol. The molecule has 6 heteroatoms. The van der Waals surface area contributed by atoms with Crippen molar-refractivity contribution < 1.29 is 28.2 Å². The SMILES string of the molecule is CCCOc1ccc(OC)c(F)c1C(=O)c1ccc(C(=O)OC)cc1. The van der Waals surface area contributed by atoms with Crippen LogP contribution in [0.2, 0.25) is 0 Å². The number of ether oxygens (including phenoxy) is 3. The molecule has 132 valence electrons. The highest BCUT2D eigenvalue weighted by atomic mass is 19.1. The first kappa shape index (κ1) is 18.4. The largest absolute Gasteiger partial charge is 0.494 e. The van der Waals surface area contributed by atoms with Gasteiger partial charge in [-0.3, -0.25) is 4.79 Å². The lowest BCUT2D eigenvalue weighted by atomic mass is 10.00. The fourth-order valence-electron chi connectivity index (χ4n) is 2.26. The van der Waals surface area contributed by atoms with Crippen molar-refractivity contribution in [3.8, 4) is 11.5 Å². The summed E-state index contributed by atoms with van der Waals surface area (Å²) in [7, 11) is 2.59. The number of halogens is 1. The van der Waals surface area contributed by atoms with Crippen molar-refractivity contribution in [2.45, 2.75) is 13.3 Å². The van der Waals surface area contributed by atoms with E-state index < -0.39 is 17.6 Å². The van der Waals surface area contributed by atoms with Crippen LogP contribution in [0.1, 0.15) is 39.6 Å². The van der Waals surface area contributed by atoms with Gasteiger partial charge in [0.15, 0.2) is 17.3 Å². The standard InChI is InChI=1S/C19H19FO5/c1-4-11-25-14-9-10-15(23-2)17(20)16(14)18(21)12-5-7-13(8-6-12)19(22)24-3/h5-10H,4,11H2,1-3H3. The molecule has 0 saturated heterocycles. The van der Waals surface area contributed by atoms with Crippen LogP contribution in [0.15, 0.2) is 36.4 Å². The van der Waals surface area contributed by atoms with Crippen LogP contribution in [-0.4, -0.2) is 32.6 Å². The van der Waals surface area contributed by atoms with Crippen LogP contribution in [-0.2, 0) is 4.74 Å². The summed E-state index contributed by atoms with van der Waals surface area (Å²) in [6, 6.07) is 8.70. The van der Waals surface area contributed by atoms with Crippen molar-refractivity contribution in [3.63, 3.8) is 0 Å². The van der Waals surface area contributed by atoms with Crippen molar-refractivity contribution in [1.82, 2.24) is 0 Å². The number of carbonyl (C=O) groups is 2. The van der Waals surface area contributed by atoms with Crippen LogP contribution in [0, 0.1) is 5.82 Å². The Morgan fingerprint density at radius 1 is 0.960 bits per heavy atom. The van der Waals surface area contributed by atoms with Crippen LogP contribution in [0.5, 0.6) is 11.5 Å². The molecule has 5 nitrogen and oxygen atoms in total. The fraction of sp³-hybridized carbons (Fsp3) is 0.263. The molecule has 0 heterocycles. The predicted octanol–water partition coefficient (Wildman–Crippen LogP) is 3.64. The van der Waals surface area contributed by atoms with E-state index in [1.54, 1.807) is 0 Å². The molecule has 2 rings (SSSR count). The Labute approximate surface area is 145 Å². The molecule has 0 radical (unpaired) electrons. The van der Waals surface area contributed by atoms with Gasteiger partial charge in [-0.15, -0.1) is 0 Å². The Morgan fingerprint density at radius 3 is 2.12 bits per heavy atom. The third-order valence-electron chi connectivity index (χ3n) is 3.55. The molecule has 0 atom stereocenters. The van der Waals surface area contributed by atoms with E-state index in [1.807, 2.05) is 6.92 Å². The second-order valence-corrected chi connectivity index (χ2v) is 5.20. The zero-order chi connectivity index (χ0) is 18.4. The topological polar surface area (TPSA) is 61.8 Å². The van der Waals surface area contributed by atoms with Crippen molar-refractivity contribution >= 4 is 11.8 Å². The molecule has 0 spiro atoms. The van der Waals surface area contributed by atoms with E-state index in [9.17, 15) is 14.0 Å². The summed E-state index contributed by atoms with van der Waals surface area (Å²) in [5.41, 5.74) is 0.326. The van der Waals surface area contributed by atoms with Crippen LogP contribution in [0.4, 0.5) is 4.39 Å². The van der Waals surface area contributed by atoms with Gasteiger partial charge in [0.1, 0.15) is 11.3 Å². The molecule has 2 aromatic rings. The molecule has 0 aliphatic rings. The predicted molar refractivity (Wildman–Crippen MR) is 90.0 cm³/mol. The van der Waals surface area contributed by atoms with Gasteiger partial charge in [0.25, 0.3) is 0 Å². The number of hydrogen-bond donors (Lipinski definition) is 0. The Morgan fingerprint density at radius 2 is 1.56 bits per heavy atom. The Hall–Kier alpha value is -2.89. The summed E-state index contributed by atoms with van der Waals surface area (Å²) < 4.78 is 29.7. The van der Waals surface area contributed by atoms with Crippen LogP contribution in [0.3, 0.4) is 0 Å².